The molecule has 1 fully saturated rings. The van der Waals surface area contributed by atoms with E-state index in [-0.39, 0.29) is 0 Å². The lowest BCUT2D eigenvalue weighted by molar-refractivity contribution is 0.280. The summed E-state index contributed by atoms with van der Waals surface area (Å²) in [7, 11) is 0. The van der Waals surface area contributed by atoms with Crippen molar-refractivity contribution in [1.82, 2.24) is 15.6 Å². The van der Waals surface area contributed by atoms with Gasteiger partial charge in [-0.1, -0.05) is 6.92 Å². The molecule has 1 aliphatic rings. The molecule has 0 bridgehead atoms. The molecule has 0 aromatic carbocycles. The molecular weight excluding hydrogens is 218 g/mol. The number of hydrogen-bond donors (Lipinski definition) is 2. The summed E-state index contributed by atoms with van der Waals surface area (Å²) in [4.78, 5) is 4.35. The number of rotatable bonds is 5. The zero-order valence-electron chi connectivity index (χ0n) is 10.1. The zero-order chi connectivity index (χ0) is 11.4. The van der Waals surface area contributed by atoms with Gasteiger partial charge in [0.25, 0.3) is 0 Å². The van der Waals surface area contributed by atoms with Crippen LogP contribution in [-0.2, 0) is 0 Å². The molecule has 2 heterocycles. The number of thiazole rings is 1. The van der Waals surface area contributed by atoms with E-state index in [9.17, 15) is 0 Å². The van der Waals surface area contributed by atoms with Gasteiger partial charge in [0.05, 0.1) is 6.04 Å². The summed E-state index contributed by atoms with van der Waals surface area (Å²) in [6, 6.07) is 0.379. The molecule has 1 saturated heterocycles. The van der Waals surface area contributed by atoms with Gasteiger partial charge < -0.3 is 10.6 Å². The monoisotopic (exact) mass is 239 g/mol. The molecule has 2 rings (SSSR count). The summed E-state index contributed by atoms with van der Waals surface area (Å²) in [6.45, 7) is 7.91. The normalized spacial score (nSPS) is 27.1. The molecule has 0 saturated carbocycles. The number of nitrogens with one attached hydrogen (secondary N) is 2. The first-order valence-electron chi connectivity index (χ1n) is 6.09. The van der Waals surface area contributed by atoms with E-state index in [0.717, 1.165) is 13.1 Å². The van der Waals surface area contributed by atoms with Crippen LogP contribution in [0.2, 0.25) is 0 Å². The maximum Gasteiger partial charge on any atom is 0.109 e. The second-order valence-corrected chi connectivity index (χ2v) is 5.68. The van der Waals surface area contributed by atoms with Crippen LogP contribution in [0.5, 0.6) is 0 Å². The molecule has 2 atom stereocenters. The average molecular weight is 239 g/mol. The van der Waals surface area contributed by atoms with Crippen molar-refractivity contribution in [3.63, 3.8) is 0 Å². The third-order valence-electron chi connectivity index (χ3n) is 3.69. The third-order valence-corrected chi connectivity index (χ3v) is 4.65. The second kappa shape index (κ2) is 5.25. The van der Waals surface area contributed by atoms with E-state index in [1.807, 2.05) is 11.6 Å². The van der Waals surface area contributed by atoms with E-state index in [4.69, 9.17) is 0 Å². The van der Waals surface area contributed by atoms with Crippen LogP contribution < -0.4 is 10.6 Å². The van der Waals surface area contributed by atoms with Crippen molar-refractivity contribution in [2.75, 3.05) is 19.6 Å². The van der Waals surface area contributed by atoms with Crippen LogP contribution in [0.25, 0.3) is 0 Å². The van der Waals surface area contributed by atoms with E-state index >= 15 is 0 Å². The minimum atomic E-state index is 0.379. The highest BCUT2D eigenvalue weighted by Gasteiger charge is 2.32. The molecule has 16 heavy (non-hydrogen) atoms. The van der Waals surface area contributed by atoms with Crippen molar-refractivity contribution in [1.29, 1.82) is 0 Å². The van der Waals surface area contributed by atoms with Gasteiger partial charge in [-0.25, -0.2) is 4.98 Å². The highest BCUT2D eigenvalue weighted by Crippen LogP contribution is 2.29. The predicted octanol–water partition coefficient (Wildman–Crippen LogP) is 2.18. The highest BCUT2D eigenvalue weighted by molar-refractivity contribution is 7.09. The quantitative estimate of drug-likeness (QED) is 0.827. The number of hydrogen-bond acceptors (Lipinski definition) is 4. The molecule has 4 heteroatoms. The Bertz CT molecular complexity index is 304. The van der Waals surface area contributed by atoms with Crippen LogP contribution in [0.3, 0.4) is 0 Å². The lowest BCUT2D eigenvalue weighted by Crippen LogP contribution is -2.36. The largest absolute Gasteiger partial charge is 0.316 e. The zero-order valence-corrected chi connectivity index (χ0v) is 10.9. The van der Waals surface area contributed by atoms with Crippen molar-refractivity contribution in [3.8, 4) is 0 Å². The maximum atomic E-state index is 4.35. The fourth-order valence-electron chi connectivity index (χ4n) is 2.28. The Morgan fingerprint density at radius 3 is 3.12 bits per heavy atom. The first-order valence-corrected chi connectivity index (χ1v) is 6.97. The predicted molar refractivity (Wildman–Crippen MR) is 68.7 cm³/mol. The van der Waals surface area contributed by atoms with Gasteiger partial charge in [0, 0.05) is 24.7 Å². The Morgan fingerprint density at radius 1 is 1.69 bits per heavy atom. The topological polar surface area (TPSA) is 37.0 Å². The highest BCUT2D eigenvalue weighted by atomic mass is 32.1. The lowest BCUT2D eigenvalue weighted by Gasteiger charge is -2.28. The van der Waals surface area contributed by atoms with E-state index in [1.165, 1.54) is 24.4 Å². The summed E-state index contributed by atoms with van der Waals surface area (Å²) in [5.74, 6) is 0. The Balaban J connectivity index is 1.86. The molecule has 0 aliphatic carbocycles. The maximum absolute atomic E-state index is 4.35. The van der Waals surface area contributed by atoms with Crippen LogP contribution in [0.4, 0.5) is 0 Å². The smallest absolute Gasteiger partial charge is 0.109 e. The van der Waals surface area contributed by atoms with Crippen LogP contribution in [0, 0.1) is 5.41 Å². The van der Waals surface area contributed by atoms with E-state index in [1.54, 1.807) is 11.3 Å². The molecule has 3 nitrogen and oxygen atoms in total. The molecule has 1 aliphatic heterocycles. The van der Waals surface area contributed by atoms with Crippen LogP contribution in [0.1, 0.15) is 37.7 Å². The van der Waals surface area contributed by atoms with Gasteiger partial charge in [0.15, 0.2) is 0 Å². The molecule has 90 valence electrons. The third kappa shape index (κ3) is 2.62. The van der Waals surface area contributed by atoms with Crippen molar-refractivity contribution in [2.24, 2.45) is 5.41 Å². The van der Waals surface area contributed by atoms with E-state index in [0.29, 0.717) is 11.5 Å². The molecule has 2 unspecified atom stereocenters. The Labute approximate surface area is 102 Å². The van der Waals surface area contributed by atoms with Gasteiger partial charge in [-0.2, -0.15) is 0 Å². The molecule has 1 aromatic heterocycles. The van der Waals surface area contributed by atoms with E-state index in [2.05, 4.69) is 29.5 Å². The Kier molecular flexibility index (Phi) is 3.95. The molecule has 1 aromatic rings. The van der Waals surface area contributed by atoms with Crippen molar-refractivity contribution >= 4 is 11.3 Å². The molecular formula is C12H21N3S. The summed E-state index contributed by atoms with van der Waals surface area (Å²) in [6.07, 6.45) is 4.42. The molecule has 0 radical (unpaired) electrons. The second-order valence-electron chi connectivity index (χ2n) is 4.75. The van der Waals surface area contributed by atoms with Gasteiger partial charge in [-0.15, -0.1) is 11.3 Å². The Hall–Kier alpha value is -0.450. The fraction of sp³-hybridized carbons (Fsp3) is 0.750. The minimum Gasteiger partial charge on any atom is -0.316 e. The standard InChI is InChI=1S/C12H21N3S/c1-3-12(4-5-13-8-12)9-15-10(2)11-14-6-7-16-11/h6-7,10,13,15H,3-5,8-9H2,1-2H3. The summed E-state index contributed by atoms with van der Waals surface area (Å²) >= 11 is 1.73. The minimum absolute atomic E-state index is 0.379. The molecule has 0 amide bonds. The van der Waals surface area contributed by atoms with Crippen molar-refractivity contribution in [2.45, 2.75) is 32.7 Å². The van der Waals surface area contributed by atoms with Gasteiger partial charge >= 0.3 is 0 Å². The lowest BCUT2D eigenvalue weighted by atomic mass is 9.84. The molecule has 0 spiro atoms. The van der Waals surface area contributed by atoms with Gasteiger partial charge in [0.1, 0.15) is 5.01 Å². The van der Waals surface area contributed by atoms with Crippen molar-refractivity contribution < 1.29 is 0 Å². The van der Waals surface area contributed by atoms with Gasteiger partial charge in [0.2, 0.25) is 0 Å². The Morgan fingerprint density at radius 2 is 2.56 bits per heavy atom. The van der Waals surface area contributed by atoms with Crippen molar-refractivity contribution in [3.05, 3.63) is 16.6 Å². The average Bonchev–Trinajstić information content (AvgIpc) is 2.98. The fourth-order valence-corrected chi connectivity index (χ4v) is 2.95. The number of aromatic nitrogens is 1. The van der Waals surface area contributed by atoms with Crippen LogP contribution >= 0.6 is 11.3 Å². The summed E-state index contributed by atoms with van der Waals surface area (Å²) in [5, 5.41) is 10.3. The summed E-state index contributed by atoms with van der Waals surface area (Å²) < 4.78 is 0. The van der Waals surface area contributed by atoms with Gasteiger partial charge in [-0.3, -0.25) is 0 Å². The SMILES string of the molecule is CCC1(CNC(C)c2nccs2)CCNC1. The summed E-state index contributed by atoms with van der Waals surface area (Å²) in [5.41, 5.74) is 0.464. The van der Waals surface area contributed by atoms with E-state index < -0.39 is 0 Å². The first kappa shape index (κ1) is 12.0. The van der Waals surface area contributed by atoms with Crippen LogP contribution in [0.15, 0.2) is 11.6 Å². The van der Waals surface area contributed by atoms with Gasteiger partial charge in [-0.05, 0) is 31.7 Å². The van der Waals surface area contributed by atoms with Crippen LogP contribution in [-0.4, -0.2) is 24.6 Å². The number of nitrogens with zero attached hydrogens (tertiary/aromatic N) is 1. The molecule has 2 N–H and O–H groups in total. The first-order chi connectivity index (χ1) is 7.76.